The second-order valence-electron chi connectivity index (χ2n) is 8.29. The van der Waals surface area contributed by atoms with Gasteiger partial charge in [0, 0.05) is 18.0 Å². The van der Waals surface area contributed by atoms with Crippen LogP contribution in [-0.2, 0) is 9.53 Å². The minimum Gasteiger partial charge on any atom is -0.480 e. The lowest BCUT2D eigenvalue weighted by Crippen LogP contribution is -2.55. The van der Waals surface area contributed by atoms with Gasteiger partial charge in [-0.2, -0.15) is 0 Å². The van der Waals surface area contributed by atoms with E-state index in [1.807, 2.05) is 36.4 Å². The van der Waals surface area contributed by atoms with Crippen molar-refractivity contribution in [2.24, 2.45) is 0 Å². The third kappa shape index (κ3) is 3.88. The van der Waals surface area contributed by atoms with Gasteiger partial charge in [0.05, 0.1) is 10.7 Å². The molecule has 1 aliphatic heterocycles. The molecule has 1 atom stereocenters. The number of fused-ring (bicyclic) bond motifs is 3. The van der Waals surface area contributed by atoms with Crippen LogP contribution in [0.4, 0.5) is 10.5 Å². The van der Waals surface area contributed by atoms with Gasteiger partial charge in [0.2, 0.25) is 0 Å². The van der Waals surface area contributed by atoms with Crippen LogP contribution in [0.3, 0.4) is 0 Å². The summed E-state index contributed by atoms with van der Waals surface area (Å²) >= 11 is 6.22. The Bertz CT molecular complexity index is 1260. The fourth-order valence-electron chi connectivity index (χ4n) is 4.55. The highest BCUT2D eigenvalue weighted by molar-refractivity contribution is 6.33. The molecular weight excluding hydrogens is 456 g/mol. The van der Waals surface area contributed by atoms with Gasteiger partial charge in [-0.15, -0.1) is 0 Å². The van der Waals surface area contributed by atoms with E-state index < -0.39 is 24.0 Å². The van der Waals surface area contributed by atoms with E-state index in [1.165, 1.54) is 23.1 Å². The van der Waals surface area contributed by atoms with Crippen LogP contribution in [0, 0.1) is 0 Å². The molecule has 2 N–H and O–H groups in total. The Balaban J connectivity index is 1.28. The summed E-state index contributed by atoms with van der Waals surface area (Å²) in [5.74, 6) is -1.54. The van der Waals surface area contributed by atoms with Crippen molar-refractivity contribution in [3.63, 3.8) is 0 Å². The number of amides is 2. The molecule has 1 heterocycles. The Hall–Kier alpha value is -3.84. The SMILES string of the molecule is O=C(Nc1cc(C(=O)N2CCC2C(=O)O)ccc1Cl)OCC1c2ccccc2-c2ccccc21. The number of benzene rings is 3. The summed E-state index contributed by atoms with van der Waals surface area (Å²) in [6, 6.07) is 19.7. The number of aliphatic carboxylic acids is 1. The molecule has 0 saturated carbocycles. The van der Waals surface area contributed by atoms with E-state index in [-0.39, 0.29) is 28.8 Å². The summed E-state index contributed by atoms with van der Waals surface area (Å²) < 4.78 is 5.55. The van der Waals surface area contributed by atoms with E-state index in [9.17, 15) is 19.5 Å². The third-order valence-electron chi connectivity index (χ3n) is 6.36. The topological polar surface area (TPSA) is 95.9 Å². The Morgan fingerprint density at radius 2 is 1.65 bits per heavy atom. The van der Waals surface area contributed by atoms with Crippen molar-refractivity contribution in [2.45, 2.75) is 18.4 Å². The molecule has 0 radical (unpaired) electrons. The fourth-order valence-corrected chi connectivity index (χ4v) is 4.72. The molecule has 1 fully saturated rings. The molecule has 1 unspecified atom stereocenters. The maximum atomic E-state index is 12.7. The molecule has 5 rings (SSSR count). The predicted octanol–water partition coefficient (Wildman–Crippen LogP) is 5.00. The van der Waals surface area contributed by atoms with Gasteiger partial charge in [0.25, 0.3) is 5.91 Å². The number of ether oxygens (including phenoxy) is 1. The summed E-state index contributed by atoms with van der Waals surface area (Å²) in [6.07, 6.45) is -0.278. The van der Waals surface area contributed by atoms with Crippen LogP contribution in [-0.4, -0.2) is 47.2 Å². The second kappa shape index (κ2) is 8.83. The number of rotatable bonds is 5. The number of hydrogen-bond acceptors (Lipinski definition) is 4. The molecule has 0 bridgehead atoms. The molecule has 0 aromatic heterocycles. The average Bonchev–Trinajstić information content (AvgIpc) is 3.12. The van der Waals surface area contributed by atoms with Crippen molar-refractivity contribution in [1.29, 1.82) is 0 Å². The molecular formula is C26H21ClN2O5. The molecule has 8 heteroatoms. The van der Waals surface area contributed by atoms with E-state index in [0.29, 0.717) is 13.0 Å². The molecule has 2 aliphatic rings. The van der Waals surface area contributed by atoms with E-state index in [2.05, 4.69) is 17.4 Å². The number of carbonyl (C=O) groups is 3. The lowest BCUT2D eigenvalue weighted by Gasteiger charge is -2.38. The molecule has 3 aromatic carbocycles. The molecule has 7 nitrogen and oxygen atoms in total. The van der Waals surface area contributed by atoms with E-state index in [0.717, 1.165) is 22.3 Å². The van der Waals surface area contributed by atoms with Crippen LogP contribution >= 0.6 is 11.6 Å². The highest BCUT2D eigenvalue weighted by Gasteiger charge is 2.38. The lowest BCUT2D eigenvalue weighted by atomic mass is 9.98. The van der Waals surface area contributed by atoms with Gasteiger partial charge in [-0.05, 0) is 46.9 Å². The van der Waals surface area contributed by atoms with Crippen LogP contribution in [0.25, 0.3) is 11.1 Å². The second-order valence-corrected chi connectivity index (χ2v) is 8.69. The number of nitrogens with zero attached hydrogens (tertiary/aromatic N) is 1. The molecule has 0 spiro atoms. The normalized spacial score (nSPS) is 16.3. The van der Waals surface area contributed by atoms with Gasteiger partial charge in [0.15, 0.2) is 0 Å². The number of hydrogen-bond donors (Lipinski definition) is 2. The lowest BCUT2D eigenvalue weighted by molar-refractivity contribution is -0.146. The Morgan fingerprint density at radius 3 is 2.24 bits per heavy atom. The van der Waals surface area contributed by atoms with E-state index >= 15 is 0 Å². The fraction of sp³-hybridized carbons (Fsp3) is 0.192. The van der Waals surface area contributed by atoms with E-state index in [1.54, 1.807) is 0 Å². The van der Waals surface area contributed by atoms with Crippen molar-refractivity contribution < 1.29 is 24.2 Å². The number of anilines is 1. The molecule has 1 aliphatic carbocycles. The Morgan fingerprint density at radius 1 is 1.00 bits per heavy atom. The summed E-state index contributed by atoms with van der Waals surface area (Å²) in [6.45, 7) is 0.512. The maximum Gasteiger partial charge on any atom is 0.411 e. The molecule has 34 heavy (non-hydrogen) atoms. The molecule has 172 valence electrons. The van der Waals surface area contributed by atoms with Gasteiger partial charge < -0.3 is 14.7 Å². The standard InChI is InChI=1S/C26H21ClN2O5/c27-21-10-9-15(24(30)29-12-11-23(29)25(31)32)13-22(21)28-26(33)34-14-20-18-7-3-1-5-16(18)17-6-2-4-8-19(17)20/h1-10,13,20,23H,11-12,14H2,(H,28,33)(H,31,32). The van der Waals surface area contributed by atoms with Crippen molar-refractivity contribution in [1.82, 2.24) is 4.90 Å². The zero-order chi connectivity index (χ0) is 23.8. The zero-order valence-corrected chi connectivity index (χ0v) is 18.8. The number of likely N-dealkylation sites (tertiary alicyclic amines) is 1. The Kier molecular flexibility index (Phi) is 5.71. The average molecular weight is 477 g/mol. The first-order valence-electron chi connectivity index (χ1n) is 10.9. The van der Waals surface area contributed by atoms with Crippen LogP contribution in [0.1, 0.15) is 33.8 Å². The monoisotopic (exact) mass is 476 g/mol. The summed E-state index contributed by atoms with van der Waals surface area (Å²) in [7, 11) is 0. The van der Waals surface area contributed by atoms with Gasteiger partial charge >= 0.3 is 12.1 Å². The first kappa shape index (κ1) is 22.0. The van der Waals surface area contributed by atoms with Crippen molar-refractivity contribution in [3.8, 4) is 11.1 Å². The minimum atomic E-state index is -1.04. The summed E-state index contributed by atoms with van der Waals surface area (Å²) in [5.41, 5.74) is 4.93. The highest BCUT2D eigenvalue weighted by Crippen LogP contribution is 2.44. The number of carbonyl (C=O) groups excluding carboxylic acids is 2. The van der Waals surface area contributed by atoms with Crippen LogP contribution in [0.2, 0.25) is 5.02 Å². The van der Waals surface area contributed by atoms with Crippen LogP contribution in [0.15, 0.2) is 66.7 Å². The quantitative estimate of drug-likeness (QED) is 0.540. The van der Waals surface area contributed by atoms with Gasteiger partial charge in [-0.25, -0.2) is 9.59 Å². The Labute approximate surface area is 200 Å². The molecule has 1 saturated heterocycles. The van der Waals surface area contributed by atoms with Gasteiger partial charge in [0.1, 0.15) is 12.6 Å². The minimum absolute atomic E-state index is 0.0825. The third-order valence-corrected chi connectivity index (χ3v) is 6.69. The number of carboxylic acids is 1. The van der Waals surface area contributed by atoms with Gasteiger partial charge in [-0.1, -0.05) is 60.1 Å². The summed E-state index contributed by atoms with van der Waals surface area (Å²) in [4.78, 5) is 37.8. The number of halogens is 1. The van der Waals surface area contributed by atoms with Crippen LogP contribution < -0.4 is 5.32 Å². The van der Waals surface area contributed by atoms with Crippen molar-refractivity contribution >= 4 is 35.3 Å². The summed E-state index contributed by atoms with van der Waals surface area (Å²) in [5, 5.41) is 12.0. The van der Waals surface area contributed by atoms with Gasteiger partial charge in [-0.3, -0.25) is 10.1 Å². The number of nitrogens with one attached hydrogen (secondary N) is 1. The van der Waals surface area contributed by atoms with Crippen molar-refractivity contribution in [2.75, 3.05) is 18.5 Å². The molecule has 2 amide bonds. The highest BCUT2D eigenvalue weighted by atomic mass is 35.5. The smallest absolute Gasteiger partial charge is 0.411 e. The first-order chi connectivity index (χ1) is 16.4. The molecule has 3 aromatic rings. The first-order valence-corrected chi connectivity index (χ1v) is 11.3. The van der Waals surface area contributed by atoms with Crippen molar-refractivity contribution in [3.05, 3.63) is 88.4 Å². The predicted molar refractivity (Wildman–Crippen MR) is 127 cm³/mol. The number of carboxylic acid groups (broad SMARTS) is 1. The zero-order valence-electron chi connectivity index (χ0n) is 18.0. The largest absolute Gasteiger partial charge is 0.480 e. The van der Waals surface area contributed by atoms with Crippen LogP contribution in [0.5, 0.6) is 0 Å². The van der Waals surface area contributed by atoms with E-state index in [4.69, 9.17) is 16.3 Å². The maximum absolute atomic E-state index is 12.7.